The highest BCUT2D eigenvalue weighted by molar-refractivity contribution is 5.96. The number of hydrogen-bond acceptors (Lipinski definition) is 7. The van der Waals surface area contributed by atoms with E-state index in [0.717, 1.165) is 51.3 Å². The smallest absolute Gasteiger partial charge is 0.290 e. The Hall–Kier alpha value is -3.40. The molecule has 3 aromatic rings. The van der Waals surface area contributed by atoms with Gasteiger partial charge in [-0.3, -0.25) is 19.4 Å². The van der Waals surface area contributed by atoms with Crippen molar-refractivity contribution in [3.63, 3.8) is 0 Å². The average molecular weight is 577 g/mol. The van der Waals surface area contributed by atoms with Crippen molar-refractivity contribution in [2.24, 2.45) is 0 Å². The Morgan fingerprint density at radius 1 is 0.905 bits per heavy atom. The van der Waals surface area contributed by atoms with Gasteiger partial charge in [-0.25, -0.2) is 0 Å². The van der Waals surface area contributed by atoms with E-state index in [0.29, 0.717) is 31.3 Å². The number of piperidine rings is 1. The van der Waals surface area contributed by atoms with E-state index in [9.17, 15) is 9.59 Å². The summed E-state index contributed by atoms with van der Waals surface area (Å²) in [5.74, 6) is 1.54. The van der Waals surface area contributed by atoms with Gasteiger partial charge in [-0.1, -0.05) is 30.3 Å². The predicted molar refractivity (Wildman–Crippen MR) is 160 cm³/mol. The molecule has 2 aliphatic rings. The Labute approximate surface area is 248 Å². The third-order valence-corrected chi connectivity index (χ3v) is 7.84. The molecule has 2 saturated heterocycles. The van der Waals surface area contributed by atoms with E-state index in [1.54, 1.807) is 17.0 Å². The summed E-state index contributed by atoms with van der Waals surface area (Å²) < 4.78 is 17.6. The molecule has 2 amide bonds. The maximum Gasteiger partial charge on any atom is 0.290 e. The second-order valence-corrected chi connectivity index (χ2v) is 12.5. The van der Waals surface area contributed by atoms with Crippen molar-refractivity contribution in [3.05, 3.63) is 83.2 Å². The van der Waals surface area contributed by atoms with Crippen molar-refractivity contribution >= 4 is 11.8 Å². The molecule has 9 heteroatoms. The lowest BCUT2D eigenvalue weighted by atomic mass is 9.98. The molecule has 0 spiro atoms. The molecule has 2 fully saturated rings. The Bertz CT molecular complexity index is 1310. The van der Waals surface area contributed by atoms with Gasteiger partial charge in [0.15, 0.2) is 11.8 Å². The van der Waals surface area contributed by atoms with Crippen LogP contribution in [0.4, 0.5) is 0 Å². The first-order chi connectivity index (χ1) is 20.2. The van der Waals surface area contributed by atoms with E-state index in [4.69, 9.17) is 13.6 Å². The molecule has 0 saturated carbocycles. The second-order valence-electron chi connectivity index (χ2n) is 12.5. The number of aryl methyl sites for hydroxylation is 1. The van der Waals surface area contributed by atoms with Gasteiger partial charge in [-0.2, -0.15) is 0 Å². The second kappa shape index (κ2) is 13.3. The first-order valence-corrected chi connectivity index (χ1v) is 15.0. The molecule has 1 aromatic carbocycles. The van der Waals surface area contributed by atoms with Gasteiger partial charge in [0.2, 0.25) is 0 Å². The third kappa shape index (κ3) is 7.70. The normalized spacial score (nSPS) is 18.1. The summed E-state index contributed by atoms with van der Waals surface area (Å²) in [7, 11) is 0. The minimum Gasteiger partial charge on any atom is -0.464 e. The van der Waals surface area contributed by atoms with Crippen LogP contribution in [-0.2, 0) is 22.6 Å². The number of ether oxygens (including phenoxy) is 1. The van der Waals surface area contributed by atoms with E-state index < -0.39 is 11.6 Å². The van der Waals surface area contributed by atoms with Crippen LogP contribution in [0.2, 0.25) is 0 Å². The van der Waals surface area contributed by atoms with E-state index in [-0.39, 0.29) is 23.6 Å². The van der Waals surface area contributed by atoms with Gasteiger partial charge in [-0.15, -0.1) is 0 Å². The van der Waals surface area contributed by atoms with Crippen LogP contribution in [0.15, 0.2) is 63.4 Å². The van der Waals surface area contributed by atoms with Crippen molar-refractivity contribution in [1.29, 1.82) is 0 Å². The molecule has 4 heterocycles. The van der Waals surface area contributed by atoms with Crippen molar-refractivity contribution in [2.45, 2.75) is 71.2 Å². The summed E-state index contributed by atoms with van der Waals surface area (Å²) >= 11 is 0. The molecule has 1 atom stereocenters. The van der Waals surface area contributed by atoms with E-state index in [1.165, 1.54) is 5.56 Å². The summed E-state index contributed by atoms with van der Waals surface area (Å²) in [5, 5.41) is 3.10. The fourth-order valence-electron chi connectivity index (χ4n) is 5.81. The number of likely N-dealkylation sites (tertiary alicyclic amines) is 1. The zero-order valence-corrected chi connectivity index (χ0v) is 25.3. The van der Waals surface area contributed by atoms with Gasteiger partial charge in [0.1, 0.15) is 17.3 Å². The first kappa shape index (κ1) is 30.1. The molecule has 2 aliphatic heterocycles. The number of morpholine rings is 1. The molecule has 1 unspecified atom stereocenters. The Balaban J connectivity index is 1.42. The zero-order chi connectivity index (χ0) is 29.7. The van der Waals surface area contributed by atoms with Gasteiger partial charge < -0.3 is 23.8 Å². The molecule has 2 aromatic heterocycles. The number of hydrogen-bond donors (Lipinski definition) is 1. The van der Waals surface area contributed by atoms with Crippen LogP contribution in [-0.4, -0.2) is 77.5 Å². The predicted octanol–water partition coefficient (Wildman–Crippen LogP) is 4.78. The Morgan fingerprint density at radius 3 is 2.24 bits per heavy atom. The number of amides is 2. The lowest BCUT2D eigenvalue weighted by molar-refractivity contribution is -0.129. The molecule has 0 aliphatic carbocycles. The standard InChI is InChI=1S/C33H44N4O5/c1-24-10-12-28(41-24)30(31(38)34-33(2,3)4)37(26-14-16-35(17-15-26)22-25-8-6-5-7-9-25)32(39)29-13-11-27(42-29)23-36-18-20-40-21-19-36/h5-13,26,30H,14-23H2,1-4H3,(H,34,38). The molecule has 1 N–H and O–H groups in total. The monoisotopic (exact) mass is 576 g/mol. The highest BCUT2D eigenvalue weighted by Gasteiger charge is 2.41. The molecule has 0 bridgehead atoms. The number of furan rings is 2. The van der Waals surface area contributed by atoms with Gasteiger partial charge in [0, 0.05) is 44.3 Å². The van der Waals surface area contributed by atoms with Crippen molar-refractivity contribution < 1.29 is 23.2 Å². The minimum atomic E-state index is -0.927. The molecule has 9 nitrogen and oxygen atoms in total. The fourth-order valence-corrected chi connectivity index (χ4v) is 5.81. The van der Waals surface area contributed by atoms with Crippen molar-refractivity contribution in [3.8, 4) is 0 Å². The highest BCUT2D eigenvalue weighted by Crippen LogP contribution is 2.32. The molecule has 5 rings (SSSR count). The molecular weight excluding hydrogens is 532 g/mol. The van der Waals surface area contributed by atoms with Crippen LogP contribution in [0.25, 0.3) is 0 Å². The van der Waals surface area contributed by atoms with Gasteiger partial charge >= 0.3 is 0 Å². The maximum absolute atomic E-state index is 14.4. The maximum atomic E-state index is 14.4. The van der Waals surface area contributed by atoms with Crippen LogP contribution >= 0.6 is 0 Å². The number of nitrogens with one attached hydrogen (secondary N) is 1. The molecule has 42 heavy (non-hydrogen) atoms. The molecule has 0 radical (unpaired) electrons. The van der Waals surface area contributed by atoms with Gasteiger partial charge in [0.25, 0.3) is 11.8 Å². The number of nitrogens with zero attached hydrogens (tertiary/aromatic N) is 3. The summed E-state index contributed by atoms with van der Waals surface area (Å²) in [4.78, 5) is 34.7. The third-order valence-electron chi connectivity index (χ3n) is 7.84. The lowest BCUT2D eigenvalue weighted by Gasteiger charge is -2.41. The lowest BCUT2D eigenvalue weighted by Crippen LogP contribution is -2.54. The topological polar surface area (TPSA) is 91.4 Å². The number of carbonyl (C=O) groups is 2. The largest absolute Gasteiger partial charge is 0.464 e. The fraction of sp³-hybridized carbons (Fsp3) is 0.515. The SMILES string of the molecule is Cc1ccc(C(C(=O)NC(C)(C)C)N(C(=O)c2ccc(CN3CCOCC3)o2)C2CCN(Cc3ccccc3)CC2)o1. The molecular formula is C33H44N4O5. The van der Waals surface area contributed by atoms with E-state index in [2.05, 4.69) is 39.4 Å². The van der Waals surface area contributed by atoms with Crippen molar-refractivity contribution in [2.75, 3.05) is 39.4 Å². The zero-order valence-electron chi connectivity index (χ0n) is 25.3. The van der Waals surface area contributed by atoms with Gasteiger partial charge in [0.05, 0.1) is 19.8 Å². The number of rotatable bonds is 9. The summed E-state index contributed by atoms with van der Waals surface area (Å²) in [6.07, 6.45) is 1.47. The van der Waals surface area contributed by atoms with Gasteiger partial charge in [-0.05, 0) is 70.4 Å². The van der Waals surface area contributed by atoms with Crippen molar-refractivity contribution in [1.82, 2.24) is 20.0 Å². The van der Waals surface area contributed by atoms with Crippen LogP contribution in [0.3, 0.4) is 0 Å². The first-order valence-electron chi connectivity index (χ1n) is 15.0. The number of carbonyl (C=O) groups excluding carboxylic acids is 2. The quantitative estimate of drug-likeness (QED) is 0.392. The van der Waals surface area contributed by atoms with Crippen LogP contribution < -0.4 is 5.32 Å². The van der Waals surface area contributed by atoms with E-state index in [1.807, 2.05) is 45.9 Å². The minimum absolute atomic E-state index is 0.168. The summed E-state index contributed by atoms with van der Waals surface area (Å²) in [6.45, 7) is 13.8. The molecule has 226 valence electrons. The Kier molecular flexibility index (Phi) is 9.50. The summed E-state index contributed by atoms with van der Waals surface area (Å²) in [6, 6.07) is 16.6. The number of benzene rings is 1. The van der Waals surface area contributed by atoms with Crippen LogP contribution in [0.1, 0.15) is 73.1 Å². The van der Waals surface area contributed by atoms with E-state index >= 15 is 0 Å². The Morgan fingerprint density at radius 2 is 1.60 bits per heavy atom. The van der Waals surface area contributed by atoms with Crippen LogP contribution in [0, 0.1) is 6.92 Å². The highest BCUT2D eigenvalue weighted by atomic mass is 16.5. The average Bonchev–Trinajstić information content (AvgIpc) is 3.61. The summed E-state index contributed by atoms with van der Waals surface area (Å²) in [5.41, 5.74) is 0.779. The van der Waals surface area contributed by atoms with Crippen LogP contribution in [0.5, 0.6) is 0 Å².